The zero-order valence-electron chi connectivity index (χ0n) is 15.8. The topological polar surface area (TPSA) is 57.8 Å². The molecule has 4 bridgehead atoms. The van der Waals surface area contributed by atoms with Crippen molar-refractivity contribution in [2.24, 2.45) is 17.8 Å². The molecule has 0 aliphatic heterocycles. The molecule has 4 fully saturated rings. The molecule has 4 aliphatic rings. The zero-order chi connectivity index (χ0) is 18.4. The van der Waals surface area contributed by atoms with Crippen LogP contribution >= 0.6 is 0 Å². The van der Waals surface area contributed by atoms with Crippen LogP contribution in [0.15, 0.2) is 30.3 Å². The summed E-state index contributed by atoms with van der Waals surface area (Å²) in [7, 11) is 0. The molecule has 0 saturated heterocycles. The number of carbonyl (C=O) groups excluding carboxylic acids is 1. The Hall–Kier alpha value is -2.28. The number of para-hydroxylation sites is 1. The van der Waals surface area contributed by atoms with Crippen molar-refractivity contribution in [1.29, 1.82) is 5.26 Å². The van der Waals surface area contributed by atoms with Gasteiger partial charge in [0.1, 0.15) is 5.69 Å². The molecule has 1 N–H and O–H groups in total. The maximum absolute atomic E-state index is 13.4. The number of aryl methyl sites for hydroxylation is 1. The Balaban J connectivity index is 1.44. The van der Waals surface area contributed by atoms with Crippen LogP contribution < -0.4 is 5.32 Å². The highest BCUT2D eigenvalue weighted by Crippen LogP contribution is 2.55. The Bertz CT molecular complexity index is 884. The smallest absolute Gasteiger partial charge is 0.268 e. The highest BCUT2D eigenvalue weighted by atomic mass is 16.2. The predicted molar refractivity (Wildman–Crippen MR) is 105 cm³/mol. The Kier molecular flexibility index (Phi) is 4.00. The fraction of sp³-hybridized carbons (Fsp3) is 0.565. The van der Waals surface area contributed by atoms with Gasteiger partial charge in [-0.1, -0.05) is 18.2 Å². The average Bonchev–Trinajstić information content (AvgIpc) is 2.99. The summed E-state index contributed by atoms with van der Waals surface area (Å²) < 4.78 is 2.11. The molecular weight excluding hydrogens is 334 g/mol. The molecule has 2 aromatic rings. The molecule has 4 aliphatic carbocycles. The number of nitrogens with one attached hydrogen (secondary N) is 1. The van der Waals surface area contributed by atoms with Crippen LogP contribution in [0.3, 0.4) is 0 Å². The van der Waals surface area contributed by atoms with E-state index in [2.05, 4.69) is 28.1 Å². The van der Waals surface area contributed by atoms with Crippen molar-refractivity contribution in [3.63, 3.8) is 0 Å². The van der Waals surface area contributed by atoms with Crippen molar-refractivity contribution in [1.82, 2.24) is 9.88 Å². The van der Waals surface area contributed by atoms with E-state index in [1.807, 2.05) is 18.2 Å². The van der Waals surface area contributed by atoms with Gasteiger partial charge in [0.15, 0.2) is 0 Å². The highest BCUT2D eigenvalue weighted by Gasteiger charge is 2.51. The Morgan fingerprint density at radius 3 is 2.48 bits per heavy atom. The molecule has 0 unspecified atom stereocenters. The first-order chi connectivity index (χ1) is 13.2. The molecule has 0 atom stereocenters. The summed E-state index contributed by atoms with van der Waals surface area (Å²) in [6, 6.07) is 12.4. The number of hydrogen-bond donors (Lipinski definition) is 1. The van der Waals surface area contributed by atoms with Gasteiger partial charge in [-0.2, -0.15) is 5.26 Å². The van der Waals surface area contributed by atoms with Gasteiger partial charge in [-0.05, 0) is 74.8 Å². The Morgan fingerprint density at radius 1 is 1.15 bits per heavy atom. The van der Waals surface area contributed by atoms with E-state index in [0.29, 0.717) is 13.0 Å². The van der Waals surface area contributed by atoms with Crippen molar-refractivity contribution in [3.05, 3.63) is 36.0 Å². The molecule has 27 heavy (non-hydrogen) atoms. The summed E-state index contributed by atoms with van der Waals surface area (Å²) in [6.07, 6.45) is 8.92. The maximum atomic E-state index is 13.4. The monoisotopic (exact) mass is 361 g/mol. The van der Waals surface area contributed by atoms with Crippen LogP contribution in [0.4, 0.5) is 0 Å². The van der Waals surface area contributed by atoms with E-state index < -0.39 is 0 Å². The molecule has 6 rings (SSSR count). The maximum Gasteiger partial charge on any atom is 0.268 e. The van der Waals surface area contributed by atoms with Gasteiger partial charge in [0.05, 0.1) is 6.07 Å². The third-order valence-electron chi connectivity index (χ3n) is 7.13. The molecule has 1 amide bonds. The van der Waals surface area contributed by atoms with E-state index >= 15 is 0 Å². The molecule has 1 heterocycles. The zero-order valence-corrected chi connectivity index (χ0v) is 15.8. The van der Waals surface area contributed by atoms with Crippen LogP contribution in [-0.4, -0.2) is 16.0 Å². The Morgan fingerprint density at radius 2 is 1.81 bits per heavy atom. The molecule has 4 saturated carbocycles. The van der Waals surface area contributed by atoms with Crippen molar-refractivity contribution >= 4 is 16.8 Å². The van der Waals surface area contributed by atoms with Crippen LogP contribution in [0.25, 0.3) is 10.9 Å². The second-order valence-corrected chi connectivity index (χ2v) is 9.15. The summed E-state index contributed by atoms with van der Waals surface area (Å²) in [4.78, 5) is 13.4. The number of amides is 1. The number of hydrogen-bond acceptors (Lipinski definition) is 2. The molecule has 4 heteroatoms. The second-order valence-electron chi connectivity index (χ2n) is 9.15. The first-order valence-electron chi connectivity index (χ1n) is 10.4. The lowest BCUT2D eigenvalue weighted by molar-refractivity contribution is -0.0168. The van der Waals surface area contributed by atoms with E-state index in [1.54, 1.807) is 0 Å². The number of fused-ring (bicyclic) bond motifs is 1. The normalized spacial score (nSPS) is 31.1. The Labute approximate surface area is 160 Å². The summed E-state index contributed by atoms with van der Waals surface area (Å²) >= 11 is 0. The molecule has 4 nitrogen and oxygen atoms in total. The van der Waals surface area contributed by atoms with E-state index in [4.69, 9.17) is 5.26 Å². The molecule has 140 valence electrons. The molecule has 1 aromatic heterocycles. The number of benzene rings is 1. The lowest BCUT2D eigenvalue weighted by atomic mass is 9.53. The van der Waals surface area contributed by atoms with Crippen molar-refractivity contribution in [2.75, 3.05) is 0 Å². The van der Waals surface area contributed by atoms with Gasteiger partial charge in [-0.25, -0.2) is 0 Å². The van der Waals surface area contributed by atoms with E-state index in [-0.39, 0.29) is 11.4 Å². The summed E-state index contributed by atoms with van der Waals surface area (Å²) in [5.74, 6) is 2.53. The van der Waals surface area contributed by atoms with Crippen LogP contribution in [0, 0.1) is 29.1 Å². The standard InChI is InChI=1S/C23H27N3O/c24-7-3-4-8-26-20-6-2-1-5-19(20)12-21(26)22(27)25-23-13-16-9-17(14-23)11-18(10-16)15-23/h1-2,5-6,12,16-18H,3-4,8-11,13-15H2,(H,25,27). The predicted octanol–water partition coefficient (Wildman–Crippen LogP) is 4.64. The molecule has 0 radical (unpaired) electrons. The van der Waals surface area contributed by atoms with Crippen molar-refractivity contribution in [2.45, 2.75) is 63.5 Å². The molecule has 0 spiro atoms. The fourth-order valence-electron chi connectivity index (χ4n) is 6.52. The highest BCUT2D eigenvalue weighted by molar-refractivity contribution is 5.99. The van der Waals surface area contributed by atoms with Gasteiger partial charge in [0, 0.05) is 29.4 Å². The van der Waals surface area contributed by atoms with Crippen LogP contribution in [0.1, 0.15) is 61.9 Å². The third kappa shape index (κ3) is 2.94. The van der Waals surface area contributed by atoms with Crippen molar-refractivity contribution in [3.8, 4) is 6.07 Å². The van der Waals surface area contributed by atoms with Gasteiger partial charge in [0.25, 0.3) is 5.91 Å². The van der Waals surface area contributed by atoms with Crippen LogP contribution in [-0.2, 0) is 6.54 Å². The number of nitrogens with zero attached hydrogens (tertiary/aromatic N) is 2. The van der Waals surface area contributed by atoms with Crippen LogP contribution in [0.5, 0.6) is 0 Å². The SMILES string of the molecule is N#CCCCn1c(C(=O)NC23CC4CC(CC(C4)C2)C3)cc2ccccc21. The van der Waals surface area contributed by atoms with E-state index in [1.165, 1.54) is 38.5 Å². The summed E-state index contributed by atoms with van der Waals surface area (Å²) in [5.41, 5.74) is 1.87. The number of rotatable bonds is 5. The molecular formula is C23H27N3O. The number of carbonyl (C=O) groups is 1. The van der Waals surface area contributed by atoms with Gasteiger partial charge in [-0.15, -0.1) is 0 Å². The molecule has 1 aromatic carbocycles. The lowest BCUT2D eigenvalue weighted by Gasteiger charge is -2.56. The third-order valence-corrected chi connectivity index (χ3v) is 7.13. The minimum Gasteiger partial charge on any atom is -0.345 e. The first-order valence-corrected chi connectivity index (χ1v) is 10.4. The van der Waals surface area contributed by atoms with Gasteiger partial charge in [-0.3, -0.25) is 4.79 Å². The number of aromatic nitrogens is 1. The van der Waals surface area contributed by atoms with Crippen LogP contribution in [0.2, 0.25) is 0 Å². The minimum absolute atomic E-state index is 0.0276. The van der Waals surface area contributed by atoms with Crippen molar-refractivity contribution < 1.29 is 4.79 Å². The number of nitriles is 1. The first kappa shape index (κ1) is 16.9. The largest absolute Gasteiger partial charge is 0.345 e. The van der Waals surface area contributed by atoms with Gasteiger partial charge in [0.2, 0.25) is 0 Å². The van der Waals surface area contributed by atoms with E-state index in [9.17, 15) is 4.79 Å². The number of unbranched alkanes of at least 4 members (excludes halogenated alkanes) is 1. The van der Waals surface area contributed by atoms with Gasteiger partial charge >= 0.3 is 0 Å². The quantitative estimate of drug-likeness (QED) is 0.789. The lowest BCUT2D eigenvalue weighted by Crippen LogP contribution is -2.60. The van der Waals surface area contributed by atoms with E-state index in [0.717, 1.165) is 40.8 Å². The summed E-state index contributed by atoms with van der Waals surface area (Å²) in [5, 5.41) is 13.5. The minimum atomic E-state index is 0.0276. The average molecular weight is 361 g/mol. The van der Waals surface area contributed by atoms with Gasteiger partial charge < -0.3 is 9.88 Å². The summed E-state index contributed by atoms with van der Waals surface area (Å²) in [6.45, 7) is 0.713. The fourth-order valence-corrected chi connectivity index (χ4v) is 6.52. The second kappa shape index (κ2) is 6.41.